The summed E-state index contributed by atoms with van der Waals surface area (Å²) in [6, 6.07) is 0. The summed E-state index contributed by atoms with van der Waals surface area (Å²) in [6.07, 6.45) is 4.10. The molecule has 0 bridgehead atoms. The molecule has 4 heteroatoms. The first kappa shape index (κ1) is 11.2. The second-order valence-corrected chi connectivity index (χ2v) is 4.13. The Labute approximate surface area is 92.3 Å². The average Bonchev–Trinajstić information content (AvgIpc) is 2.18. The van der Waals surface area contributed by atoms with E-state index >= 15 is 0 Å². The fourth-order valence-electron chi connectivity index (χ4n) is 1.51. The summed E-state index contributed by atoms with van der Waals surface area (Å²) in [5.41, 5.74) is 0. The molecule has 1 saturated heterocycles. The van der Waals surface area contributed by atoms with Gasteiger partial charge in [0.05, 0.1) is 25.7 Å². The highest BCUT2D eigenvalue weighted by Crippen LogP contribution is 2.22. The summed E-state index contributed by atoms with van der Waals surface area (Å²) in [4.78, 5) is 11.0. The van der Waals surface area contributed by atoms with Crippen LogP contribution in [0.3, 0.4) is 0 Å². The Balaban J connectivity index is 2.29. The van der Waals surface area contributed by atoms with Crippen LogP contribution in [0.4, 0.5) is 0 Å². The van der Waals surface area contributed by atoms with Crippen molar-refractivity contribution in [3.05, 3.63) is 0 Å². The largest absolute Gasteiger partial charge is 0.469 e. The van der Waals surface area contributed by atoms with Crippen molar-refractivity contribution < 1.29 is 14.3 Å². The zero-order valence-corrected chi connectivity index (χ0v) is 9.95. The SMILES string of the molecule is COC(=O)C[C@H]1CCC[C@@H](CI)O1. The van der Waals surface area contributed by atoms with Gasteiger partial charge in [0.15, 0.2) is 0 Å². The Morgan fingerprint density at radius 3 is 2.85 bits per heavy atom. The molecule has 76 valence electrons. The third-order valence-electron chi connectivity index (χ3n) is 2.23. The van der Waals surface area contributed by atoms with Crippen LogP contribution in [0.25, 0.3) is 0 Å². The quantitative estimate of drug-likeness (QED) is 0.454. The first-order valence-corrected chi connectivity index (χ1v) is 6.07. The van der Waals surface area contributed by atoms with E-state index in [0.29, 0.717) is 12.5 Å². The van der Waals surface area contributed by atoms with E-state index in [2.05, 4.69) is 27.3 Å². The number of ether oxygens (including phenoxy) is 2. The van der Waals surface area contributed by atoms with Crippen molar-refractivity contribution in [3.63, 3.8) is 0 Å². The number of halogens is 1. The summed E-state index contributed by atoms with van der Waals surface area (Å²) in [5, 5.41) is 0. The van der Waals surface area contributed by atoms with Gasteiger partial charge in [-0.25, -0.2) is 0 Å². The molecule has 0 aromatic carbocycles. The highest BCUT2D eigenvalue weighted by molar-refractivity contribution is 14.1. The van der Waals surface area contributed by atoms with Gasteiger partial charge < -0.3 is 9.47 Å². The number of esters is 1. The highest BCUT2D eigenvalue weighted by atomic mass is 127. The molecule has 2 atom stereocenters. The lowest BCUT2D eigenvalue weighted by atomic mass is 10.0. The third kappa shape index (κ3) is 3.81. The smallest absolute Gasteiger partial charge is 0.308 e. The molecular formula is C9H15IO3. The van der Waals surface area contributed by atoms with Crippen LogP contribution in [0.1, 0.15) is 25.7 Å². The van der Waals surface area contributed by atoms with E-state index in [4.69, 9.17) is 4.74 Å². The second-order valence-electron chi connectivity index (χ2n) is 3.25. The van der Waals surface area contributed by atoms with Gasteiger partial charge in [-0.2, -0.15) is 0 Å². The number of alkyl halides is 1. The summed E-state index contributed by atoms with van der Waals surface area (Å²) >= 11 is 2.32. The van der Waals surface area contributed by atoms with Gasteiger partial charge in [-0.05, 0) is 19.3 Å². The fourth-order valence-corrected chi connectivity index (χ4v) is 2.16. The zero-order chi connectivity index (χ0) is 9.68. The monoisotopic (exact) mass is 298 g/mol. The van der Waals surface area contributed by atoms with Crippen molar-refractivity contribution >= 4 is 28.6 Å². The molecule has 1 aliphatic heterocycles. The van der Waals surface area contributed by atoms with Crippen molar-refractivity contribution in [3.8, 4) is 0 Å². The first-order valence-electron chi connectivity index (χ1n) is 4.54. The molecule has 0 aromatic rings. The van der Waals surface area contributed by atoms with Crippen LogP contribution in [-0.4, -0.2) is 29.7 Å². The minimum absolute atomic E-state index is 0.0842. The molecule has 0 amide bonds. The van der Waals surface area contributed by atoms with Crippen molar-refractivity contribution in [2.75, 3.05) is 11.5 Å². The molecule has 1 heterocycles. The van der Waals surface area contributed by atoms with Crippen molar-refractivity contribution in [2.45, 2.75) is 37.9 Å². The molecule has 1 aliphatic rings. The predicted molar refractivity (Wildman–Crippen MR) is 58.0 cm³/mol. The Bertz CT molecular complexity index is 172. The van der Waals surface area contributed by atoms with Crippen LogP contribution in [-0.2, 0) is 14.3 Å². The first-order chi connectivity index (χ1) is 6.26. The van der Waals surface area contributed by atoms with Crippen LogP contribution < -0.4 is 0 Å². The molecule has 0 spiro atoms. The Morgan fingerprint density at radius 1 is 1.54 bits per heavy atom. The maximum absolute atomic E-state index is 11.0. The lowest BCUT2D eigenvalue weighted by Gasteiger charge is -2.28. The predicted octanol–water partition coefficient (Wildman–Crippen LogP) is 1.92. The highest BCUT2D eigenvalue weighted by Gasteiger charge is 2.23. The molecule has 13 heavy (non-hydrogen) atoms. The van der Waals surface area contributed by atoms with Crippen molar-refractivity contribution in [1.29, 1.82) is 0 Å². The number of carbonyl (C=O) groups is 1. The zero-order valence-electron chi connectivity index (χ0n) is 7.79. The molecule has 3 nitrogen and oxygen atoms in total. The number of rotatable bonds is 3. The summed E-state index contributed by atoms with van der Waals surface area (Å²) in [5.74, 6) is -0.167. The molecule has 1 rings (SSSR count). The van der Waals surface area contributed by atoms with Gasteiger partial charge in [0.2, 0.25) is 0 Å². The van der Waals surface area contributed by atoms with Gasteiger partial charge in [0, 0.05) is 4.43 Å². The van der Waals surface area contributed by atoms with Gasteiger partial charge in [0.25, 0.3) is 0 Å². The summed E-state index contributed by atoms with van der Waals surface area (Å²) in [6.45, 7) is 0. The molecule has 0 saturated carbocycles. The van der Waals surface area contributed by atoms with E-state index < -0.39 is 0 Å². The lowest BCUT2D eigenvalue weighted by Crippen LogP contribution is -2.30. The molecule has 0 aliphatic carbocycles. The van der Waals surface area contributed by atoms with Gasteiger partial charge >= 0.3 is 5.97 Å². The number of hydrogen-bond acceptors (Lipinski definition) is 3. The maximum atomic E-state index is 11.0. The van der Waals surface area contributed by atoms with E-state index in [-0.39, 0.29) is 12.1 Å². The normalized spacial score (nSPS) is 28.5. The van der Waals surface area contributed by atoms with Crippen LogP contribution in [0.5, 0.6) is 0 Å². The van der Waals surface area contributed by atoms with E-state index in [1.165, 1.54) is 7.11 Å². The Hall–Kier alpha value is 0.160. The molecule has 0 aromatic heterocycles. The third-order valence-corrected chi connectivity index (χ3v) is 3.21. The molecule has 0 N–H and O–H groups in total. The maximum Gasteiger partial charge on any atom is 0.308 e. The minimum atomic E-state index is -0.167. The molecule has 0 radical (unpaired) electrons. The van der Waals surface area contributed by atoms with E-state index in [0.717, 1.165) is 23.7 Å². The van der Waals surface area contributed by atoms with Gasteiger partial charge in [-0.15, -0.1) is 0 Å². The van der Waals surface area contributed by atoms with Gasteiger partial charge in [-0.1, -0.05) is 22.6 Å². The van der Waals surface area contributed by atoms with Crippen molar-refractivity contribution in [1.82, 2.24) is 0 Å². The van der Waals surface area contributed by atoms with E-state index in [1.54, 1.807) is 0 Å². The minimum Gasteiger partial charge on any atom is -0.469 e. The van der Waals surface area contributed by atoms with Crippen LogP contribution >= 0.6 is 22.6 Å². The molecule has 0 unspecified atom stereocenters. The van der Waals surface area contributed by atoms with Gasteiger partial charge in [0.1, 0.15) is 0 Å². The average molecular weight is 298 g/mol. The number of hydrogen-bond donors (Lipinski definition) is 0. The standard InChI is InChI=1S/C9H15IO3/c1-12-9(11)5-7-3-2-4-8(6-10)13-7/h7-8H,2-6H2,1H3/t7-,8+/m1/s1. The van der Waals surface area contributed by atoms with Crippen molar-refractivity contribution in [2.24, 2.45) is 0 Å². The summed E-state index contributed by atoms with van der Waals surface area (Å²) < 4.78 is 11.3. The van der Waals surface area contributed by atoms with E-state index in [9.17, 15) is 4.79 Å². The molecular weight excluding hydrogens is 283 g/mol. The second kappa shape index (κ2) is 5.80. The lowest BCUT2D eigenvalue weighted by molar-refractivity contribution is -0.146. The number of methoxy groups -OCH3 is 1. The number of carbonyl (C=O) groups excluding carboxylic acids is 1. The van der Waals surface area contributed by atoms with Gasteiger partial charge in [-0.3, -0.25) is 4.79 Å². The van der Waals surface area contributed by atoms with Crippen LogP contribution in [0, 0.1) is 0 Å². The van der Waals surface area contributed by atoms with Crippen LogP contribution in [0.2, 0.25) is 0 Å². The Morgan fingerprint density at radius 2 is 2.23 bits per heavy atom. The van der Waals surface area contributed by atoms with E-state index in [1.807, 2.05) is 0 Å². The topological polar surface area (TPSA) is 35.5 Å². The van der Waals surface area contributed by atoms with Crippen LogP contribution in [0.15, 0.2) is 0 Å². The fraction of sp³-hybridized carbons (Fsp3) is 0.889. The molecule has 1 fully saturated rings. The summed E-state index contributed by atoms with van der Waals surface area (Å²) in [7, 11) is 1.42. The Kier molecular flexibility index (Phi) is 5.01.